The zero-order chi connectivity index (χ0) is 14.5. The Hall–Kier alpha value is -1.32. The van der Waals surface area contributed by atoms with Crippen LogP contribution in [0.4, 0.5) is 0 Å². The van der Waals surface area contributed by atoms with E-state index in [-0.39, 0.29) is 41.7 Å². The van der Waals surface area contributed by atoms with E-state index in [0.29, 0.717) is 6.42 Å². The van der Waals surface area contributed by atoms with Crippen LogP contribution in [0.1, 0.15) is 33.1 Å². The van der Waals surface area contributed by atoms with Crippen molar-refractivity contribution in [2.45, 2.75) is 39.2 Å². The molecule has 0 radical (unpaired) electrons. The van der Waals surface area contributed by atoms with Crippen LogP contribution in [0.3, 0.4) is 0 Å². The van der Waals surface area contributed by atoms with Gasteiger partial charge in [0.05, 0.1) is 18.4 Å². The molecule has 0 bridgehead atoms. The molecule has 1 saturated carbocycles. The number of carbonyl (C=O) groups is 2. The van der Waals surface area contributed by atoms with Gasteiger partial charge in [-0.3, -0.25) is 9.59 Å². The average Bonchev–Trinajstić information content (AvgIpc) is 2.73. The first-order valence-electron chi connectivity index (χ1n) is 7.47. The Balaban J connectivity index is 2.02. The highest BCUT2D eigenvalue weighted by Gasteiger charge is 2.61. The van der Waals surface area contributed by atoms with Crippen LogP contribution in [0.2, 0.25) is 0 Å². The molecular formula is C16H22O4. The first-order chi connectivity index (χ1) is 9.51. The number of esters is 2. The van der Waals surface area contributed by atoms with Gasteiger partial charge in [0, 0.05) is 11.8 Å². The van der Waals surface area contributed by atoms with Crippen LogP contribution in [0, 0.1) is 29.1 Å². The lowest BCUT2D eigenvalue weighted by molar-refractivity contribution is -0.173. The molecule has 4 heteroatoms. The summed E-state index contributed by atoms with van der Waals surface area (Å²) >= 11 is 0. The van der Waals surface area contributed by atoms with Gasteiger partial charge in [0.25, 0.3) is 0 Å². The fourth-order valence-corrected chi connectivity index (χ4v) is 4.63. The zero-order valence-electron chi connectivity index (χ0n) is 12.3. The molecule has 3 aliphatic rings. The highest BCUT2D eigenvalue weighted by Crippen LogP contribution is 2.56. The minimum atomic E-state index is -0.506. The van der Waals surface area contributed by atoms with Crippen LogP contribution in [0.15, 0.2) is 12.2 Å². The molecule has 4 nitrogen and oxygen atoms in total. The number of methoxy groups -OCH3 is 1. The van der Waals surface area contributed by atoms with Gasteiger partial charge < -0.3 is 9.47 Å². The maximum atomic E-state index is 12.4. The van der Waals surface area contributed by atoms with Gasteiger partial charge in [-0.1, -0.05) is 26.0 Å². The van der Waals surface area contributed by atoms with E-state index in [2.05, 4.69) is 19.1 Å². The number of fused-ring (bicyclic) bond motifs is 3. The third-order valence-electron chi connectivity index (χ3n) is 5.68. The number of rotatable bonds is 1. The predicted molar refractivity (Wildman–Crippen MR) is 72.6 cm³/mol. The molecule has 0 spiro atoms. The third-order valence-corrected chi connectivity index (χ3v) is 5.68. The Morgan fingerprint density at radius 3 is 2.90 bits per heavy atom. The normalized spacial score (nSPS) is 46.4. The van der Waals surface area contributed by atoms with E-state index in [1.807, 2.05) is 6.92 Å². The molecular weight excluding hydrogens is 256 g/mol. The third kappa shape index (κ3) is 1.66. The highest BCUT2D eigenvalue weighted by molar-refractivity contribution is 5.79. The van der Waals surface area contributed by atoms with Crippen LogP contribution in [0.25, 0.3) is 0 Å². The van der Waals surface area contributed by atoms with Crippen molar-refractivity contribution in [3.8, 4) is 0 Å². The van der Waals surface area contributed by atoms with Gasteiger partial charge in [-0.15, -0.1) is 0 Å². The molecule has 110 valence electrons. The van der Waals surface area contributed by atoms with E-state index in [9.17, 15) is 9.59 Å². The van der Waals surface area contributed by atoms with Crippen molar-refractivity contribution in [3.63, 3.8) is 0 Å². The fraction of sp³-hybridized carbons (Fsp3) is 0.750. The summed E-state index contributed by atoms with van der Waals surface area (Å²) in [5.74, 6) is 0.226. The molecule has 20 heavy (non-hydrogen) atoms. The van der Waals surface area contributed by atoms with E-state index in [1.165, 1.54) is 7.11 Å². The molecule has 0 amide bonds. The Labute approximate surface area is 119 Å². The second-order valence-corrected chi connectivity index (χ2v) is 6.56. The molecule has 0 aromatic heterocycles. The molecule has 0 aromatic rings. The molecule has 0 unspecified atom stereocenters. The summed E-state index contributed by atoms with van der Waals surface area (Å²) in [6, 6.07) is 0. The average molecular weight is 278 g/mol. The van der Waals surface area contributed by atoms with Crippen molar-refractivity contribution >= 4 is 11.9 Å². The summed E-state index contributed by atoms with van der Waals surface area (Å²) in [5.41, 5.74) is -0.506. The number of allylic oxidation sites excluding steroid dienone is 2. The van der Waals surface area contributed by atoms with Crippen LogP contribution in [-0.2, 0) is 19.1 Å². The van der Waals surface area contributed by atoms with E-state index in [0.717, 1.165) is 12.8 Å². The van der Waals surface area contributed by atoms with Crippen molar-refractivity contribution in [1.82, 2.24) is 0 Å². The molecule has 2 aliphatic carbocycles. The molecule has 1 saturated heterocycles. The maximum Gasteiger partial charge on any atom is 0.312 e. The Morgan fingerprint density at radius 2 is 2.20 bits per heavy atom. The molecule has 0 N–H and O–H groups in total. The number of hydrogen-bond donors (Lipinski definition) is 0. The van der Waals surface area contributed by atoms with Crippen molar-refractivity contribution in [2.24, 2.45) is 29.1 Å². The minimum absolute atomic E-state index is 0.0475. The second kappa shape index (κ2) is 4.61. The Morgan fingerprint density at radius 1 is 1.45 bits per heavy atom. The number of hydrogen-bond acceptors (Lipinski definition) is 4. The lowest BCUT2D eigenvalue weighted by atomic mass is 9.54. The van der Waals surface area contributed by atoms with Gasteiger partial charge in [0.1, 0.15) is 6.10 Å². The van der Waals surface area contributed by atoms with E-state index in [4.69, 9.17) is 9.47 Å². The largest absolute Gasteiger partial charge is 0.469 e. The minimum Gasteiger partial charge on any atom is -0.469 e. The monoisotopic (exact) mass is 278 g/mol. The summed E-state index contributed by atoms with van der Waals surface area (Å²) in [4.78, 5) is 24.3. The Bertz CT molecular complexity index is 469. The predicted octanol–water partition coefficient (Wildman–Crippen LogP) is 2.33. The number of ether oxygens (including phenoxy) is 2. The maximum absolute atomic E-state index is 12.4. The SMILES string of the molecule is COC(=O)[C@]12CC=C[C@@H](C)[C@@H]1[C@H]1OC(=O)[C@@H](C)[C@@H]1CC2. The van der Waals surface area contributed by atoms with Crippen LogP contribution >= 0.6 is 0 Å². The second-order valence-electron chi connectivity index (χ2n) is 6.56. The lowest BCUT2D eigenvalue weighted by Gasteiger charge is -2.50. The van der Waals surface area contributed by atoms with E-state index >= 15 is 0 Å². The van der Waals surface area contributed by atoms with Gasteiger partial charge in [-0.05, 0) is 25.2 Å². The van der Waals surface area contributed by atoms with Crippen LogP contribution < -0.4 is 0 Å². The van der Waals surface area contributed by atoms with Gasteiger partial charge in [-0.25, -0.2) is 0 Å². The van der Waals surface area contributed by atoms with Gasteiger partial charge in [-0.2, -0.15) is 0 Å². The summed E-state index contributed by atoms with van der Waals surface area (Å²) in [6.45, 7) is 4.05. The Kier molecular flexibility index (Phi) is 3.14. The van der Waals surface area contributed by atoms with Gasteiger partial charge >= 0.3 is 11.9 Å². The highest BCUT2D eigenvalue weighted by atomic mass is 16.6. The van der Waals surface area contributed by atoms with Crippen LogP contribution in [-0.4, -0.2) is 25.2 Å². The van der Waals surface area contributed by atoms with Crippen molar-refractivity contribution in [2.75, 3.05) is 7.11 Å². The standard InChI is InChI=1S/C16H22O4/c1-9-5-4-7-16(15(18)19-3)8-6-11-10(2)14(17)20-13(11)12(9)16/h4-5,9-13H,6-8H2,1-3H3/t9-,10+,11+,12-,13+,16+/m1/s1. The van der Waals surface area contributed by atoms with Gasteiger partial charge in [0.15, 0.2) is 0 Å². The summed E-state index contributed by atoms with van der Waals surface area (Å²) in [7, 11) is 1.45. The molecule has 0 aromatic carbocycles. The summed E-state index contributed by atoms with van der Waals surface area (Å²) in [6.07, 6.45) is 6.45. The smallest absolute Gasteiger partial charge is 0.312 e. The topological polar surface area (TPSA) is 52.6 Å². The summed E-state index contributed by atoms with van der Waals surface area (Å²) < 4.78 is 10.7. The molecule has 1 heterocycles. The fourth-order valence-electron chi connectivity index (χ4n) is 4.63. The molecule has 3 rings (SSSR count). The van der Waals surface area contributed by atoms with E-state index in [1.54, 1.807) is 0 Å². The lowest BCUT2D eigenvalue weighted by Crippen LogP contribution is -2.54. The molecule has 2 fully saturated rings. The zero-order valence-corrected chi connectivity index (χ0v) is 12.3. The molecule has 1 aliphatic heterocycles. The van der Waals surface area contributed by atoms with Crippen molar-refractivity contribution < 1.29 is 19.1 Å². The van der Waals surface area contributed by atoms with E-state index < -0.39 is 5.41 Å². The first kappa shape index (κ1) is 13.7. The van der Waals surface area contributed by atoms with Crippen molar-refractivity contribution in [3.05, 3.63) is 12.2 Å². The quantitative estimate of drug-likeness (QED) is 0.545. The van der Waals surface area contributed by atoms with Gasteiger partial charge in [0.2, 0.25) is 0 Å². The van der Waals surface area contributed by atoms with Crippen LogP contribution in [0.5, 0.6) is 0 Å². The molecule has 6 atom stereocenters. The first-order valence-corrected chi connectivity index (χ1v) is 7.47. The summed E-state index contributed by atoms with van der Waals surface area (Å²) in [5, 5.41) is 0. The van der Waals surface area contributed by atoms with Crippen molar-refractivity contribution in [1.29, 1.82) is 0 Å². The number of carbonyl (C=O) groups excluding carboxylic acids is 2.